The molecule has 0 aliphatic carbocycles. The lowest BCUT2D eigenvalue weighted by atomic mass is 10.0. The minimum Gasteiger partial charge on any atom is -0.343 e. The van der Waals surface area contributed by atoms with E-state index in [0.717, 1.165) is 44.7 Å². The number of pyridine rings is 2. The summed E-state index contributed by atoms with van der Waals surface area (Å²) in [6.07, 6.45) is 2.10. The highest BCUT2D eigenvalue weighted by molar-refractivity contribution is 9.10. The zero-order valence-corrected chi connectivity index (χ0v) is 30.5. The number of amides is 2. The van der Waals surface area contributed by atoms with Crippen molar-refractivity contribution >= 4 is 33.8 Å². The van der Waals surface area contributed by atoms with Gasteiger partial charge < -0.3 is 14.7 Å². The van der Waals surface area contributed by atoms with E-state index in [9.17, 15) is 22.8 Å². The Morgan fingerprint density at radius 2 is 1.46 bits per heavy atom. The summed E-state index contributed by atoms with van der Waals surface area (Å²) in [6.45, 7) is 1.75. The number of aromatic nitrogens is 2. The Labute approximate surface area is 310 Å². The van der Waals surface area contributed by atoms with E-state index in [1.165, 1.54) is 24.3 Å². The van der Waals surface area contributed by atoms with Crippen LogP contribution < -0.4 is 0 Å². The number of carbonyl (C=O) groups excluding carboxylic acids is 2. The highest BCUT2D eigenvalue weighted by Gasteiger charge is 2.32. The van der Waals surface area contributed by atoms with Crippen LogP contribution in [-0.4, -0.2) is 69.7 Å². The summed E-state index contributed by atoms with van der Waals surface area (Å²) in [5, 5.41) is 0. The van der Waals surface area contributed by atoms with Gasteiger partial charge in [0.15, 0.2) is 0 Å². The van der Waals surface area contributed by atoms with Gasteiger partial charge in [-0.15, -0.1) is 0 Å². The van der Waals surface area contributed by atoms with Crippen molar-refractivity contribution in [2.24, 2.45) is 0 Å². The molecule has 0 aliphatic heterocycles. The molecule has 0 radical (unpaired) electrons. The first-order valence-electron chi connectivity index (χ1n) is 16.7. The van der Waals surface area contributed by atoms with Crippen LogP contribution in [-0.2, 0) is 35.3 Å². The van der Waals surface area contributed by atoms with Crippen LogP contribution in [0, 0.1) is 0 Å². The van der Waals surface area contributed by atoms with E-state index in [4.69, 9.17) is 0 Å². The van der Waals surface area contributed by atoms with Crippen molar-refractivity contribution in [2.45, 2.75) is 31.7 Å². The van der Waals surface area contributed by atoms with Crippen molar-refractivity contribution in [1.29, 1.82) is 0 Å². The highest BCUT2D eigenvalue weighted by atomic mass is 79.9. The predicted molar refractivity (Wildman–Crippen MR) is 201 cm³/mol. The van der Waals surface area contributed by atoms with Crippen LogP contribution in [0.25, 0.3) is 17.3 Å². The maximum absolute atomic E-state index is 14.4. The van der Waals surface area contributed by atoms with Gasteiger partial charge in [0.1, 0.15) is 10.6 Å². The van der Waals surface area contributed by atoms with Gasteiger partial charge in [-0.1, -0.05) is 78.9 Å². The average Bonchev–Trinajstić information content (AvgIpc) is 3.15. The number of halogens is 4. The molecule has 1 atom stereocenters. The van der Waals surface area contributed by atoms with Crippen molar-refractivity contribution in [3.05, 3.63) is 160 Å². The molecule has 0 bridgehead atoms. The Balaban J connectivity index is 1.42. The number of alkyl halides is 3. The number of nitrogens with zero attached hydrogens (tertiary/aromatic N) is 5. The van der Waals surface area contributed by atoms with Gasteiger partial charge in [-0.2, -0.15) is 13.2 Å². The molecule has 1 unspecified atom stereocenters. The summed E-state index contributed by atoms with van der Waals surface area (Å²) in [4.78, 5) is 42.5. The number of rotatable bonds is 14. The van der Waals surface area contributed by atoms with Crippen molar-refractivity contribution in [1.82, 2.24) is 24.7 Å². The molecule has 5 aromatic rings. The molecule has 0 N–H and O–H groups in total. The number of likely N-dealkylation sites (N-methyl/N-ethyl adjacent to an activating group) is 2. The Hall–Kier alpha value is -5.13. The second kappa shape index (κ2) is 17.9. The number of carbonyl (C=O) groups is 2. The lowest BCUT2D eigenvalue weighted by molar-refractivity contribution is -0.143. The summed E-state index contributed by atoms with van der Waals surface area (Å²) in [5.74, 6) is -0.680. The molecule has 3 aromatic carbocycles. The van der Waals surface area contributed by atoms with E-state index >= 15 is 0 Å². The van der Waals surface area contributed by atoms with Gasteiger partial charge in [0.25, 0.3) is 0 Å². The second-order valence-electron chi connectivity index (χ2n) is 12.5. The molecule has 0 fully saturated rings. The van der Waals surface area contributed by atoms with Gasteiger partial charge in [0.05, 0.1) is 11.3 Å². The summed E-state index contributed by atoms with van der Waals surface area (Å²) in [6, 6.07) is 30.4. The molecule has 0 saturated heterocycles. The van der Waals surface area contributed by atoms with Gasteiger partial charge in [0.2, 0.25) is 11.8 Å². The van der Waals surface area contributed by atoms with Gasteiger partial charge in [-0.3, -0.25) is 14.6 Å². The van der Waals surface area contributed by atoms with Crippen molar-refractivity contribution in [3.63, 3.8) is 0 Å². The quantitative estimate of drug-likeness (QED) is 0.0843. The van der Waals surface area contributed by atoms with E-state index in [-0.39, 0.29) is 18.9 Å². The number of hydrogen-bond donors (Lipinski definition) is 0. The van der Waals surface area contributed by atoms with Gasteiger partial charge in [-0.05, 0) is 81.6 Å². The molecule has 2 heterocycles. The molecular weight excluding hydrogens is 731 g/mol. The molecule has 5 rings (SSSR count). The second-order valence-corrected chi connectivity index (χ2v) is 13.3. The molecule has 0 saturated carbocycles. The van der Waals surface area contributed by atoms with Crippen LogP contribution >= 0.6 is 15.9 Å². The molecule has 268 valence electrons. The van der Waals surface area contributed by atoms with Gasteiger partial charge >= 0.3 is 6.18 Å². The molecule has 7 nitrogen and oxygen atoms in total. The molecule has 0 aliphatic rings. The number of hydrogen-bond acceptors (Lipinski definition) is 5. The monoisotopic (exact) mass is 769 g/mol. The zero-order valence-electron chi connectivity index (χ0n) is 28.9. The molecule has 52 heavy (non-hydrogen) atoms. The lowest BCUT2D eigenvalue weighted by Gasteiger charge is -2.34. The van der Waals surface area contributed by atoms with E-state index in [1.54, 1.807) is 29.2 Å². The Kier molecular flexibility index (Phi) is 13.1. The average molecular weight is 771 g/mol. The smallest absolute Gasteiger partial charge is 0.343 e. The maximum atomic E-state index is 14.4. The number of benzene rings is 3. The molecule has 0 spiro atoms. The largest absolute Gasteiger partial charge is 0.416 e. The Bertz CT molecular complexity index is 1920. The summed E-state index contributed by atoms with van der Waals surface area (Å²) in [5.41, 5.74) is 4.07. The first kappa shape index (κ1) is 38.1. The Morgan fingerprint density at radius 3 is 2.10 bits per heavy atom. The summed E-state index contributed by atoms with van der Waals surface area (Å²) in [7, 11) is 3.70. The first-order chi connectivity index (χ1) is 25.0. The topological polar surface area (TPSA) is 69.6 Å². The standard InChI is InChI=1S/C41H39BrF3N5O2/c1-48(28-33-15-21-38(42)47-27-33)24-25-49(2)40(52)37(26-31-8-4-3-5-9-31)50(29-32-11-17-34(18-12-32)36-10-6-7-23-46-36)39(51)22-16-30-13-19-35(20-14-30)41(43,44)45/h3-23,27,37H,24-26,28-29H2,1-2H3. The zero-order chi connectivity index (χ0) is 37.1. The lowest BCUT2D eigenvalue weighted by Crippen LogP contribution is -2.51. The van der Waals surface area contributed by atoms with E-state index in [2.05, 4.69) is 30.8 Å². The van der Waals surface area contributed by atoms with Crippen molar-refractivity contribution < 1.29 is 22.8 Å². The predicted octanol–water partition coefficient (Wildman–Crippen LogP) is 8.17. The van der Waals surface area contributed by atoms with Crippen molar-refractivity contribution in [2.75, 3.05) is 27.2 Å². The van der Waals surface area contributed by atoms with Crippen LogP contribution in [0.15, 0.2) is 132 Å². The van der Waals surface area contributed by atoms with Crippen LogP contribution in [0.4, 0.5) is 13.2 Å². The third kappa shape index (κ3) is 10.9. The molecular formula is C41H39BrF3N5O2. The minimum atomic E-state index is -4.47. The fourth-order valence-electron chi connectivity index (χ4n) is 5.64. The fraction of sp³-hybridized carbons (Fsp3) is 0.220. The van der Waals surface area contributed by atoms with E-state index in [0.29, 0.717) is 25.2 Å². The van der Waals surface area contributed by atoms with E-state index in [1.807, 2.05) is 92.0 Å². The van der Waals surface area contributed by atoms with Gasteiger partial charge in [0, 0.05) is 63.7 Å². The summed E-state index contributed by atoms with van der Waals surface area (Å²) >= 11 is 3.36. The first-order valence-corrected chi connectivity index (χ1v) is 17.5. The van der Waals surface area contributed by atoms with Crippen LogP contribution in [0.2, 0.25) is 0 Å². The fourth-order valence-corrected chi connectivity index (χ4v) is 5.88. The van der Waals surface area contributed by atoms with Crippen LogP contribution in [0.3, 0.4) is 0 Å². The third-order valence-corrected chi connectivity index (χ3v) is 9.04. The van der Waals surface area contributed by atoms with Crippen molar-refractivity contribution in [3.8, 4) is 11.3 Å². The van der Waals surface area contributed by atoms with Gasteiger partial charge in [-0.25, -0.2) is 4.98 Å². The SMILES string of the molecule is CN(CCN(C)C(=O)C(Cc1ccccc1)N(Cc1ccc(-c2ccccn2)cc1)C(=O)C=Cc1ccc(C(F)(F)F)cc1)Cc1ccc(Br)nc1. The minimum absolute atomic E-state index is 0.117. The highest BCUT2D eigenvalue weighted by Crippen LogP contribution is 2.29. The molecule has 2 aromatic heterocycles. The Morgan fingerprint density at radius 1 is 0.769 bits per heavy atom. The molecule has 2 amide bonds. The van der Waals surface area contributed by atoms with Crippen LogP contribution in [0.1, 0.15) is 27.8 Å². The van der Waals surface area contributed by atoms with Crippen LogP contribution in [0.5, 0.6) is 0 Å². The third-order valence-electron chi connectivity index (χ3n) is 8.57. The normalized spacial score (nSPS) is 12.2. The summed E-state index contributed by atoms with van der Waals surface area (Å²) < 4.78 is 40.2. The maximum Gasteiger partial charge on any atom is 0.416 e. The molecule has 11 heteroatoms. The van der Waals surface area contributed by atoms with E-state index < -0.39 is 23.7 Å².